The Balaban J connectivity index is 1.54. The monoisotopic (exact) mass is 476 g/mol. The Bertz CT molecular complexity index is 1490. The molecular weight excluding hydrogens is 461 g/mol. The van der Waals surface area contributed by atoms with E-state index in [0.29, 0.717) is 33.9 Å². The van der Waals surface area contributed by atoms with Gasteiger partial charge >= 0.3 is 6.18 Å². The van der Waals surface area contributed by atoms with Crippen LogP contribution in [0.5, 0.6) is 0 Å². The first-order valence-electron chi connectivity index (χ1n) is 10.2. The summed E-state index contributed by atoms with van der Waals surface area (Å²) < 4.78 is 40.1. The van der Waals surface area contributed by atoms with Gasteiger partial charge in [0.1, 0.15) is 5.69 Å². The zero-order chi connectivity index (χ0) is 24.6. The number of nitrogens with one attached hydrogen (secondary N) is 1. The zero-order valence-electron chi connectivity index (χ0n) is 17.7. The van der Waals surface area contributed by atoms with Gasteiger partial charge in [0, 0.05) is 16.7 Å². The quantitative estimate of drug-likeness (QED) is 0.396. The van der Waals surface area contributed by atoms with E-state index < -0.39 is 17.6 Å². The highest BCUT2D eigenvalue weighted by molar-refractivity contribution is 5.93. The number of benzene rings is 3. The minimum atomic E-state index is -4.42. The van der Waals surface area contributed by atoms with Crippen molar-refractivity contribution < 1.29 is 18.0 Å². The molecule has 0 spiro atoms. The first-order valence-corrected chi connectivity index (χ1v) is 10.2. The largest absolute Gasteiger partial charge is 0.416 e. The highest BCUT2D eigenvalue weighted by Gasteiger charge is 2.30. The highest BCUT2D eigenvalue weighted by atomic mass is 19.4. The van der Waals surface area contributed by atoms with Crippen LogP contribution < -0.4 is 5.73 Å². The molecule has 0 radical (unpaired) electrons. The smallest absolute Gasteiger partial charge is 0.366 e. The van der Waals surface area contributed by atoms with Crippen molar-refractivity contribution >= 4 is 5.91 Å². The average Bonchev–Trinajstić information content (AvgIpc) is 3.56. The van der Waals surface area contributed by atoms with Crippen molar-refractivity contribution in [1.82, 2.24) is 35.6 Å². The van der Waals surface area contributed by atoms with E-state index in [1.807, 2.05) is 12.1 Å². The molecular formula is C23H15F3N8O. The van der Waals surface area contributed by atoms with Gasteiger partial charge in [-0.1, -0.05) is 29.5 Å². The molecule has 12 heteroatoms. The van der Waals surface area contributed by atoms with Gasteiger partial charge in [0.05, 0.1) is 17.4 Å². The Kier molecular flexibility index (Phi) is 5.32. The number of rotatable bonds is 5. The number of amides is 1. The fraction of sp³-hybridized carbons (Fsp3) is 0.0435. The van der Waals surface area contributed by atoms with Crippen molar-refractivity contribution in [2.45, 2.75) is 6.18 Å². The maximum Gasteiger partial charge on any atom is 0.416 e. The molecule has 174 valence electrons. The van der Waals surface area contributed by atoms with Crippen molar-refractivity contribution in [3.05, 3.63) is 84.1 Å². The number of primary amides is 1. The number of tetrazole rings is 1. The summed E-state index contributed by atoms with van der Waals surface area (Å²) in [5, 5.41) is 22.3. The molecule has 5 aromatic rings. The van der Waals surface area contributed by atoms with Crippen molar-refractivity contribution in [3.8, 4) is 39.5 Å². The van der Waals surface area contributed by atoms with Crippen LogP contribution >= 0.6 is 0 Å². The fourth-order valence-electron chi connectivity index (χ4n) is 3.50. The summed E-state index contributed by atoms with van der Waals surface area (Å²) in [4.78, 5) is 11.4. The molecule has 3 aromatic carbocycles. The SMILES string of the molecule is NC(=O)c1ccc(-c2cc(-c3nn[nH]n3)cc(-n3cc(-c4ccc(C(F)(F)F)cc4)nn3)c2)cc1. The first kappa shape index (κ1) is 21.9. The minimum absolute atomic E-state index is 0.352. The van der Waals surface area contributed by atoms with E-state index in [4.69, 9.17) is 5.73 Å². The van der Waals surface area contributed by atoms with Gasteiger partial charge in [-0.3, -0.25) is 4.79 Å². The van der Waals surface area contributed by atoms with Crippen LogP contribution in [0, 0.1) is 0 Å². The van der Waals surface area contributed by atoms with Crippen LogP contribution in [-0.2, 0) is 6.18 Å². The number of hydrogen-bond acceptors (Lipinski definition) is 6. The van der Waals surface area contributed by atoms with E-state index in [0.717, 1.165) is 23.3 Å². The topological polar surface area (TPSA) is 128 Å². The summed E-state index contributed by atoms with van der Waals surface area (Å²) in [6.45, 7) is 0. The van der Waals surface area contributed by atoms with Crippen molar-refractivity contribution in [1.29, 1.82) is 0 Å². The second kappa shape index (κ2) is 8.48. The van der Waals surface area contributed by atoms with Gasteiger partial charge in [0.15, 0.2) is 0 Å². The number of aromatic nitrogens is 7. The van der Waals surface area contributed by atoms with Gasteiger partial charge < -0.3 is 5.73 Å². The van der Waals surface area contributed by atoms with Crippen LogP contribution in [0.15, 0.2) is 72.9 Å². The van der Waals surface area contributed by atoms with E-state index in [1.54, 1.807) is 36.5 Å². The predicted molar refractivity (Wildman–Crippen MR) is 119 cm³/mol. The van der Waals surface area contributed by atoms with Crippen LogP contribution in [0.2, 0.25) is 0 Å². The number of aromatic amines is 1. The molecule has 0 aliphatic heterocycles. The van der Waals surface area contributed by atoms with E-state index in [2.05, 4.69) is 30.9 Å². The second-order valence-electron chi connectivity index (χ2n) is 7.57. The van der Waals surface area contributed by atoms with E-state index in [9.17, 15) is 18.0 Å². The van der Waals surface area contributed by atoms with Gasteiger partial charge in [-0.15, -0.1) is 15.3 Å². The van der Waals surface area contributed by atoms with Crippen molar-refractivity contribution in [2.75, 3.05) is 0 Å². The van der Waals surface area contributed by atoms with Crippen molar-refractivity contribution in [2.24, 2.45) is 5.73 Å². The average molecular weight is 476 g/mol. The third-order valence-corrected chi connectivity index (χ3v) is 5.29. The summed E-state index contributed by atoms with van der Waals surface area (Å²) in [5.74, 6) is -0.180. The maximum absolute atomic E-state index is 12.9. The number of alkyl halides is 3. The van der Waals surface area contributed by atoms with Gasteiger partial charge in [-0.25, -0.2) is 4.68 Å². The Morgan fingerprint density at radius 1 is 0.857 bits per heavy atom. The Hall–Kier alpha value is -4.87. The number of carbonyl (C=O) groups excluding carboxylic acids is 1. The van der Waals surface area contributed by atoms with E-state index in [1.165, 1.54) is 16.8 Å². The van der Waals surface area contributed by atoms with Crippen LogP contribution in [0.25, 0.3) is 39.5 Å². The van der Waals surface area contributed by atoms with Crippen LogP contribution in [0.3, 0.4) is 0 Å². The van der Waals surface area contributed by atoms with Crippen molar-refractivity contribution in [3.63, 3.8) is 0 Å². The molecule has 0 bridgehead atoms. The molecule has 0 aliphatic rings. The number of halogens is 3. The fourth-order valence-corrected chi connectivity index (χ4v) is 3.50. The molecule has 0 aliphatic carbocycles. The number of H-pyrrole nitrogens is 1. The summed E-state index contributed by atoms with van der Waals surface area (Å²) in [5.41, 5.74) is 8.65. The number of hydrogen-bond donors (Lipinski definition) is 2. The Labute approximate surface area is 195 Å². The maximum atomic E-state index is 12.9. The molecule has 9 nitrogen and oxygen atoms in total. The standard InChI is InChI=1S/C23H15F3N8O/c24-23(25,26)18-7-5-14(6-8-18)20-12-34(33-28-20)19-10-16(9-17(11-19)22-29-31-32-30-22)13-1-3-15(4-2-13)21(27)35/h1-12H,(H2,27,35)(H,29,30,31,32). The number of nitrogens with zero attached hydrogens (tertiary/aromatic N) is 6. The summed E-state index contributed by atoms with van der Waals surface area (Å²) in [6.07, 6.45) is -2.81. The molecule has 3 N–H and O–H groups in total. The Morgan fingerprint density at radius 3 is 2.17 bits per heavy atom. The lowest BCUT2D eigenvalue weighted by Crippen LogP contribution is -2.10. The van der Waals surface area contributed by atoms with Gasteiger partial charge in [0.2, 0.25) is 11.7 Å². The summed E-state index contributed by atoms with van der Waals surface area (Å²) >= 11 is 0. The van der Waals surface area contributed by atoms with Gasteiger partial charge in [-0.2, -0.15) is 18.4 Å². The second-order valence-corrected chi connectivity index (χ2v) is 7.57. The molecule has 5 rings (SSSR count). The first-order chi connectivity index (χ1) is 16.8. The van der Waals surface area contributed by atoms with Crippen LogP contribution in [0.1, 0.15) is 15.9 Å². The summed E-state index contributed by atoms with van der Waals surface area (Å²) in [7, 11) is 0. The number of nitrogens with two attached hydrogens (primary N) is 1. The molecule has 2 heterocycles. The summed E-state index contributed by atoms with van der Waals surface area (Å²) in [6, 6.07) is 16.9. The Morgan fingerprint density at radius 2 is 1.54 bits per heavy atom. The lowest BCUT2D eigenvalue weighted by molar-refractivity contribution is -0.137. The van der Waals surface area contributed by atoms with E-state index in [-0.39, 0.29) is 0 Å². The molecule has 0 saturated carbocycles. The lowest BCUT2D eigenvalue weighted by atomic mass is 10.0. The van der Waals surface area contributed by atoms with Gasteiger partial charge in [0.25, 0.3) is 0 Å². The molecule has 35 heavy (non-hydrogen) atoms. The van der Waals surface area contributed by atoms with Crippen LogP contribution in [0.4, 0.5) is 13.2 Å². The molecule has 1 amide bonds. The third kappa shape index (κ3) is 4.49. The molecule has 0 saturated heterocycles. The van der Waals surface area contributed by atoms with E-state index >= 15 is 0 Å². The predicted octanol–water partition coefficient (Wildman–Crippen LogP) is 3.90. The molecule has 0 unspecified atom stereocenters. The molecule has 0 fully saturated rings. The third-order valence-electron chi connectivity index (χ3n) is 5.29. The minimum Gasteiger partial charge on any atom is -0.366 e. The zero-order valence-corrected chi connectivity index (χ0v) is 17.7. The number of carbonyl (C=O) groups is 1. The molecule has 0 atom stereocenters. The highest BCUT2D eigenvalue weighted by Crippen LogP contribution is 2.31. The lowest BCUT2D eigenvalue weighted by Gasteiger charge is -2.09. The van der Waals surface area contributed by atoms with Gasteiger partial charge in [-0.05, 0) is 58.8 Å². The normalized spacial score (nSPS) is 11.5. The molecule has 2 aromatic heterocycles. The van der Waals surface area contributed by atoms with Crippen LogP contribution in [-0.4, -0.2) is 41.5 Å².